The molecule has 0 saturated heterocycles. The van der Waals surface area contributed by atoms with Crippen molar-refractivity contribution in [1.29, 1.82) is 0 Å². The Balaban J connectivity index is 2.18. The SMILES string of the molecule is O=C(Cc1c(F)cccc1F)N[C@@H](Cc1ccccc1C(F)(F)F)C(=O)O. The highest BCUT2D eigenvalue weighted by atomic mass is 19.4. The molecule has 2 N–H and O–H groups in total. The van der Waals surface area contributed by atoms with Crippen LogP contribution in [0.5, 0.6) is 0 Å². The van der Waals surface area contributed by atoms with Crippen molar-refractivity contribution in [3.8, 4) is 0 Å². The Morgan fingerprint density at radius 2 is 1.59 bits per heavy atom. The second-order valence-electron chi connectivity index (χ2n) is 5.69. The molecular weight excluding hydrogens is 373 g/mol. The van der Waals surface area contributed by atoms with Gasteiger partial charge in [0.25, 0.3) is 0 Å². The number of carbonyl (C=O) groups is 2. The predicted octanol–water partition coefficient (Wildman–Crippen LogP) is 3.34. The summed E-state index contributed by atoms with van der Waals surface area (Å²) < 4.78 is 66.2. The van der Waals surface area contributed by atoms with E-state index in [2.05, 4.69) is 0 Å². The van der Waals surface area contributed by atoms with Crippen LogP contribution in [-0.4, -0.2) is 23.0 Å². The van der Waals surface area contributed by atoms with E-state index in [0.717, 1.165) is 36.4 Å². The van der Waals surface area contributed by atoms with E-state index in [4.69, 9.17) is 0 Å². The first-order chi connectivity index (χ1) is 12.6. The number of amides is 1. The number of carbonyl (C=O) groups excluding carboxylic acids is 1. The fourth-order valence-electron chi connectivity index (χ4n) is 2.50. The molecule has 2 aromatic rings. The maximum atomic E-state index is 13.6. The molecule has 0 aliphatic heterocycles. The molecule has 0 saturated carbocycles. The average molecular weight is 387 g/mol. The van der Waals surface area contributed by atoms with Gasteiger partial charge >= 0.3 is 12.1 Å². The molecule has 144 valence electrons. The van der Waals surface area contributed by atoms with Crippen molar-refractivity contribution < 1.29 is 36.6 Å². The third-order valence-corrected chi connectivity index (χ3v) is 3.78. The zero-order valence-corrected chi connectivity index (χ0v) is 13.7. The summed E-state index contributed by atoms with van der Waals surface area (Å²) in [6, 6.07) is 5.62. The molecule has 0 bridgehead atoms. The van der Waals surface area contributed by atoms with Crippen molar-refractivity contribution in [2.45, 2.75) is 25.1 Å². The number of hydrogen-bond donors (Lipinski definition) is 2. The Morgan fingerprint density at radius 3 is 2.15 bits per heavy atom. The molecule has 4 nitrogen and oxygen atoms in total. The van der Waals surface area contributed by atoms with Gasteiger partial charge in [0.2, 0.25) is 5.91 Å². The quantitative estimate of drug-likeness (QED) is 0.748. The van der Waals surface area contributed by atoms with Gasteiger partial charge in [-0.2, -0.15) is 13.2 Å². The van der Waals surface area contributed by atoms with E-state index >= 15 is 0 Å². The highest BCUT2D eigenvalue weighted by Gasteiger charge is 2.34. The van der Waals surface area contributed by atoms with E-state index in [1.807, 2.05) is 5.32 Å². The molecule has 1 atom stereocenters. The zero-order valence-electron chi connectivity index (χ0n) is 13.7. The molecule has 1 amide bonds. The highest BCUT2D eigenvalue weighted by molar-refractivity contribution is 5.85. The van der Waals surface area contributed by atoms with Gasteiger partial charge in [0.1, 0.15) is 17.7 Å². The lowest BCUT2D eigenvalue weighted by atomic mass is 9.99. The van der Waals surface area contributed by atoms with E-state index in [0.29, 0.717) is 0 Å². The van der Waals surface area contributed by atoms with Gasteiger partial charge in [0, 0.05) is 12.0 Å². The molecule has 0 unspecified atom stereocenters. The monoisotopic (exact) mass is 387 g/mol. The first kappa shape index (κ1) is 20.3. The standard InChI is InChI=1S/C18H14F5NO3/c19-13-6-3-7-14(20)11(13)9-16(25)24-15(17(26)27)8-10-4-1-2-5-12(10)18(21,22)23/h1-7,15H,8-9H2,(H,24,25)(H,26,27)/t15-/m0/s1. The molecule has 2 aromatic carbocycles. The van der Waals surface area contributed by atoms with E-state index in [1.165, 1.54) is 6.07 Å². The lowest BCUT2D eigenvalue weighted by molar-refractivity contribution is -0.142. The first-order valence-electron chi connectivity index (χ1n) is 7.69. The van der Waals surface area contributed by atoms with Crippen molar-refractivity contribution in [2.75, 3.05) is 0 Å². The minimum Gasteiger partial charge on any atom is -0.480 e. The van der Waals surface area contributed by atoms with Gasteiger partial charge in [0.05, 0.1) is 12.0 Å². The van der Waals surface area contributed by atoms with E-state index in [1.54, 1.807) is 0 Å². The lowest BCUT2D eigenvalue weighted by Crippen LogP contribution is -2.43. The van der Waals surface area contributed by atoms with Crippen molar-refractivity contribution in [2.24, 2.45) is 0 Å². The Morgan fingerprint density at radius 1 is 1.00 bits per heavy atom. The number of halogens is 5. The Kier molecular flexibility index (Phi) is 6.14. The van der Waals surface area contributed by atoms with Gasteiger partial charge in [-0.25, -0.2) is 13.6 Å². The van der Waals surface area contributed by atoms with Crippen LogP contribution in [0.25, 0.3) is 0 Å². The van der Waals surface area contributed by atoms with E-state index in [9.17, 15) is 36.6 Å². The van der Waals surface area contributed by atoms with E-state index < -0.39 is 59.7 Å². The third kappa shape index (κ3) is 5.25. The van der Waals surface area contributed by atoms with Gasteiger partial charge in [-0.05, 0) is 23.8 Å². The molecule has 9 heteroatoms. The minimum absolute atomic E-state index is 0.324. The van der Waals surface area contributed by atoms with E-state index in [-0.39, 0.29) is 5.56 Å². The Bertz CT molecular complexity index is 831. The number of hydrogen-bond acceptors (Lipinski definition) is 2. The second-order valence-corrected chi connectivity index (χ2v) is 5.69. The minimum atomic E-state index is -4.69. The van der Waals surface area contributed by atoms with Gasteiger partial charge in [-0.3, -0.25) is 4.79 Å². The summed E-state index contributed by atoms with van der Waals surface area (Å²) in [7, 11) is 0. The van der Waals surface area contributed by atoms with Crippen LogP contribution < -0.4 is 5.32 Å². The topological polar surface area (TPSA) is 66.4 Å². The number of nitrogens with one attached hydrogen (secondary N) is 1. The molecule has 0 fully saturated rings. The van der Waals surface area contributed by atoms with Gasteiger partial charge in [-0.15, -0.1) is 0 Å². The highest BCUT2D eigenvalue weighted by Crippen LogP contribution is 2.32. The summed E-state index contributed by atoms with van der Waals surface area (Å²) in [6.45, 7) is 0. The Hall–Kier alpha value is -2.97. The normalized spacial score (nSPS) is 12.5. The molecule has 2 rings (SSSR count). The lowest BCUT2D eigenvalue weighted by Gasteiger charge is -2.18. The van der Waals surface area contributed by atoms with Crippen LogP contribution >= 0.6 is 0 Å². The Labute approximate surface area is 150 Å². The molecule has 0 aromatic heterocycles. The molecular formula is C18H14F5NO3. The predicted molar refractivity (Wildman–Crippen MR) is 84.8 cm³/mol. The van der Waals surface area contributed by atoms with Crippen LogP contribution in [0.1, 0.15) is 16.7 Å². The number of carboxylic acid groups (broad SMARTS) is 1. The number of rotatable bonds is 6. The number of carboxylic acids is 1. The fraction of sp³-hybridized carbons (Fsp3) is 0.222. The van der Waals surface area contributed by atoms with Crippen LogP contribution in [0.15, 0.2) is 42.5 Å². The third-order valence-electron chi connectivity index (χ3n) is 3.78. The van der Waals surface area contributed by atoms with Crippen LogP contribution in [-0.2, 0) is 28.6 Å². The number of alkyl halides is 3. The van der Waals surface area contributed by atoms with Crippen molar-refractivity contribution in [3.05, 3.63) is 70.8 Å². The summed E-state index contributed by atoms with van der Waals surface area (Å²) in [5, 5.41) is 11.2. The molecule has 27 heavy (non-hydrogen) atoms. The first-order valence-corrected chi connectivity index (χ1v) is 7.69. The summed E-state index contributed by atoms with van der Waals surface area (Å²) in [4.78, 5) is 23.3. The summed E-state index contributed by atoms with van der Waals surface area (Å²) in [5.41, 5.74) is -1.91. The maximum absolute atomic E-state index is 13.6. The van der Waals surface area contributed by atoms with Crippen molar-refractivity contribution in [1.82, 2.24) is 5.32 Å². The molecule has 0 radical (unpaired) electrons. The fourth-order valence-corrected chi connectivity index (χ4v) is 2.50. The second kappa shape index (κ2) is 8.15. The van der Waals surface area contributed by atoms with Crippen molar-refractivity contribution >= 4 is 11.9 Å². The maximum Gasteiger partial charge on any atom is 0.416 e. The smallest absolute Gasteiger partial charge is 0.416 e. The number of aliphatic carboxylic acids is 1. The van der Waals surface area contributed by atoms with Gasteiger partial charge in [-0.1, -0.05) is 24.3 Å². The molecule has 0 spiro atoms. The summed E-state index contributed by atoms with van der Waals surface area (Å²) in [6.07, 6.45) is -6.13. The summed E-state index contributed by atoms with van der Waals surface area (Å²) in [5.74, 6) is -4.58. The average Bonchev–Trinajstić information content (AvgIpc) is 2.57. The molecule has 0 heterocycles. The number of benzene rings is 2. The van der Waals surface area contributed by atoms with Gasteiger partial charge < -0.3 is 10.4 Å². The van der Waals surface area contributed by atoms with Crippen LogP contribution in [0.3, 0.4) is 0 Å². The molecule has 0 aliphatic carbocycles. The zero-order chi connectivity index (χ0) is 20.2. The molecule has 0 aliphatic rings. The van der Waals surface area contributed by atoms with Crippen LogP contribution in [0, 0.1) is 11.6 Å². The van der Waals surface area contributed by atoms with Gasteiger partial charge in [0.15, 0.2) is 0 Å². The van der Waals surface area contributed by atoms with Crippen LogP contribution in [0.2, 0.25) is 0 Å². The summed E-state index contributed by atoms with van der Waals surface area (Å²) >= 11 is 0. The largest absolute Gasteiger partial charge is 0.480 e. The van der Waals surface area contributed by atoms with Crippen LogP contribution in [0.4, 0.5) is 22.0 Å². The van der Waals surface area contributed by atoms with Crippen molar-refractivity contribution in [3.63, 3.8) is 0 Å².